The monoisotopic (exact) mass is 535 g/mol. The van der Waals surface area contributed by atoms with Gasteiger partial charge in [0.15, 0.2) is 5.96 Å². The van der Waals surface area contributed by atoms with Gasteiger partial charge < -0.3 is 19.7 Å². The molecule has 10 heteroatoms. The molecule has 0 aliphatic carbocycles. The lowest BCUT2D eigenvalue weighted by Crippen LogP contribution is -2.39. The van der Waals surface area contributed by atoms with E-state index in [4.69, 9.17) is 4.74 Å². The van der Waals surface area contributed by atoms with Gasteiger partial charge in [0.1, 0.15) is 11.5 Å². The summed E-state index contributed by atoms with van der Waals surface area (Å²) in [6, 6.07) is 4.90. The van der Waals surface area contributed by atoms with Crippen LogP contribution in [0.3, 0.4) is 0 Å². The highest BCUT2D eigenvalue weighted by atomic mass is 127. The number of nitrogens with zero attached hydrogens (tertiary/aromatic N) is 4. The van der Waals surface area contributed by atoms with Crippen molar-refractivity contribution in [3.05, 3.63) is 41.7 Å². The normalized spacial score (nSPS) is 16.5. The molecular weight excluding hydrogens is 507 g/mol. The van der Waals surface area contributed by atoms with Crippen LogP contribution in [-0.2, 0) is 20.0 Å². The summed E-state index contributed by atoms with van der Waals surface area (Å²) in [5.41, 5.74) is 1.84. The second-order valence-corrected chi connectivity index (χ2v) is 7.08. The van der Waals surface area contributed by atoms with Crippen LogP contribution in [0.15, 0.2) is 35.6 Å². The summed E-state index contributed by atoms with van der Waals surface area (Å²) in [5.74, 6) is 1.83. The summed E-state index contributed by atoms with van der Waals surface area (Å²) in [6.45, 7) is -0.791. The van der Waals surface area contributed by atoms with Gasteiger partial charge in [-0.05, 0) is 36.5 Å². The first-order chi connectivity index (χ1) is 14.0. The van der Waals surface area contributed by atoms with E-state index in [2.05, 4.69) is 25.0 Å². The van der Waals surface area contributed by atoms with Crippen molar-refractivity contribution < 1.29 is 18.3 Å². The zero-order valence-electron chi connectivity index (χ0n) is 17.3. The maximum atomic E-state index is 12.7. The fourth-order valence-electron chi connectivity index (χ4n) is 3.62. The molecule has 1 aliphatic heterocycles. The fraction of sp³-hybridized carbons (Fsp3) is 0.500. The summed E-state index contributed by atoms with van der Waals surface area (Å²) < 4.78 is 37.1. The number of methoxy groups -OCH3 is 1. The lowest BCUT2D eigenvalue weighted by atomic mass is 10.0. The Morgan fingerprint density at radius 3 is 2.83 bits per heavy atom. The van der Waals surface area contributed by atoms with Crippen molar-refractivity contribution in [2.45, 2.75) is 26.0 Å². The molecule has 1 N–H and O–H groups in total. The number of benzene rings is 1. The van der Waals surface area contributed by atoms with Crippen molar-refractivity contribution in [3.8, 4) is 11.5 Å². The lowest BCUT2D eigenvalue weighted by molar-refractivity contribution is -0.0505. The molecule has 0 radical (unpaired) electrons. The number of aliphatic imine (C=N–C) groups is 1. The minimum atomic E-state index is -2.90. The largest absolute Gasteiger partial charge is 0.497 e. The predicted octanol–water partition coefficient (Wildman–Crippen LogP) is 3.29. The quantitative estimate of drug-likeness (QED) is 0.335. The summed E-state index contributed by atoms with van der Waals surface area (Å²) in [5, 5.41) is 7.49. The van der Waals surface area contributed by atoms with E-state index in [1.807, 2.05) is 24.1 Å². The summed E-state index contributed by atoms with van der Waals surface area (Å²) in [7, 11) is 5.12. The van der Waals surface area contributed by atoms with Crippen molar-refractivity contribution in [1.82, 2.24) is 20.0 Å². The number of hydrogen-bond acceptors (Lipinski definition) is 4. The van der Waals surface area contributed by atoms with E-state index >= 15 is 0 Å². The van der Waals surface area contributed by atoms with Crippen molar-refractivity contribution >= 4 is 29.9 Å². The molecule has 2 aromatic rings. The molecule has 0 bridgehead atoms. The highest BCUT2D eigenvalue weighted by Crippen LogP contribution is 2.27. The molecule has 30 heavy (non-hydrogen) atoms. The molecule has 0 saturated carbocycles. The van der Waals surface area contributed by atoms with Gasteiger partial charge in [0.25, 0.3) is 0 Å². The fourth-order valence-corrected chi connectivity index (χ4v) is 3.62. The van der Waals surface area contributed by atoms with Crippen molar-refractivity contribution in [2.24, 2.45) is 18.0 Å². The smallest absolute Gasteiger partial charge is 0.387 e. The number of likely N-dealkylation sites (tertiary alicyclic amines) is 1. The van der Waals surface area contributed by atoms with Gasteiger partial charge in [0.2, 0.25) is 0 Å². The average molecular weight is 535 g/mol. The number of alkyl halides is 2. The van der Waals surface area contributed by atoms with Gasteiger partial charge in [-0.3, -0.25) is 9.67 Å². The predicted molar refractivity (Wildman–Crippen MR) is 122 cm³/mol. The molecular formula is C20H28F2IN5O2. The van der Waals surface area contributed by atoms with E-state index in [-0.39, 0.29) is 29.7 Å². The van der Waals surface area contributed by atoms with Crippen LogP contribution in [0, 0.1) is 5.92 Å². The summed E-state index contributed by atoms with van der Waals surface area (Å²) in [4.78, 5) is 6.55. The number of aromatic nitrogens is 2. The number of halogens is 3. The number of ether oxygens (including phenoxy) is 2. The second-order valence-electron chi connectivity index (χ2n) is 7.08. The van der Waals surface area contributed by atoms with Crippen LogP contribution < -0.4 is 14.8 Å². The Kier molecular flexibility index (Phi) is 9.12. The molecule has 1 aromatic carbocycles. The van der Waals surface area contributed by atoms with Crippen LogP contribution in [0.1, 0.15) is 17.5 Å². The third-order valence-electron chi connectivity index (χ3n) is 5.01. The molecule has 1 aliphatic rings. The molecule has 1 unspecified atom stereocenters. The first-order valence-corrected chi connectivity index (χ1v) is 9.53. The maximum absolute atomic E-state index is 12.7. The number of rotatable bonds is 7. The topological polar surface area (TPSA) is 63.9 Å². The molecule has 1 fully saturated rings. The summed E-state index contributed by atoms with van der Waals surface area (Å²) in [6.07, 6.45) is 6.00. The lowest BCUT2D eigenvalue weighted by Gasteiger charge is -2.22. The first-order valence-electron chi connectivity index (χ1n) is 9.53. The van der Waals surface area contributed by atoms with Crippen LogP contribution in [0.4, 0.5) is 8.78 Å². The zero-order valence-corrected chi connectivity index (χ0v) is 19.7. The van der Waals surface area contributed by atoms with Gasteiger partial charge in [-0.25, -0.2) is 0 Å². The van der Waals surface area contributed by atoms with Crippen molar-refractivity contribution in [1.29, 1.82) is 0 Å². The molecule has 7 nitrogen and oxygen atoms in total. The van der Waals surface area contributed by atoms with Gasteiger partial charge in [0.05, 0.1) is 13.3 Å². The molecule has 0 spiro atoms. The molecule has 166 valence electrons. The third kappa shape index (κ3) is 6.44. The first kappa shape index (κ1) is 24.2. The Bertz CT molecular complexity index is 846. The number of hydrogen-bond donors (Lipinski definition) is 1. The molecule has 3 rings (SSSR count). The standard InChI is InChI=1S/C20H27F2N5O2.HI/c1-23-20(27-7-6-14(13-27)8-15-10-25-26(2)12-15)24-11-16-4-5-17(28-3)9-18(16)29-19(21)22;/h4-5,9-10,12,14,19H,6-8,11,13H2,1-3H3,(H,23,24);1H. The average Bonchev–Trinajstić information content (AvgIpc) is 3.32. The maximum Gasteiger partial charge on any atom is 0.387 e. The van der Waals surface area contributed by atoms with Crippen molar-refractivity contribution in [3.63, 3.8) is 0 Å². The Labute approximate surface area is 192 Å². The number of aryl methyl sites for hydroxylation is 1. The molecule has 1 atom stereocenters. The highest BCUT2D eigenvalue weighted by molar-refractivity contribution is 14.0. The van der Waals surface area contributed by atoms with Gasteiger partial charge in [-0.2, -0.15) is 13.9 Å². The summed E-state index contributed by atoms with van der Waals surface area (Å²) >= 11 is 0. The van der Waals surface area contributed by atoms with Gasteiger partial charge in [-0.1, -0.05) is 0 Å². The minimum absolute atomic E-state index is 0. The van der Waals surface area contributed by atoms with E-state index in [9.17, 15) is 8.78 Å². The zero-order chi connectivity index (χ0) is 20.8. The van der Waals surface area contributed by atoms with Crippen LogP contribution in [0.25, 0.3) is 0 Å². The van der Waals surface area contributed by atoms with Crippen molar-refractivity contribution in [2.75, 3.05) is 27.2 Å². The van der Waals surface area contributed by atoms with Crippen LogP contribution in [-0.4, -0.2) is 54.5 Å². The third-order valence-corrected chi connectivity index (χ3v) is 5.01. The molecule has 1 aromatic heterocycles. The van der Waals surface area contributed by atoms with Gasteiger partial charge in [-0.15, -0.1) is 24.0 Å². The SMILES string of the molecule is CN=C(NCc1ccc(OC)cc1OC(F)F)N1CCC(Cc2cnn(C)c2)C1.I. The van der Waals surface area contributed by atoms with Crippen LogP contribution >= 0.6 is 24.0 Å². The number of nitrogens with one attached hydrogen (secondary N) is 1. The van der Waals surface area contributed by atoms with E-state index in [0.29, 0.717) is 23.8 Å². The number of guanidine groups is 1. The Morgan fingerprint density at radius 2 is 2.20 bits per heavy atom. The minimum Gasteiger partial charge on any atom is -0.497 e. The van der Waals surface area contributed by atoms with E-state index in [0.717, 1.165) is 31.9 Å². The van der Waals surface area contributed by atoms with Crippen LogP contribution in [0.5, 0.6) is 11.5 Å². The van der Waals surface area contributed by atoms with Crippen LogP contribution in [0.2, 0.25) is 0 Å². The molecule has 2 heterocycles. The Hall–Kier alpha value is -2.11. The van der Waals surface area contributed by atoms with Gasteiger partial charge >= 0.3 is 6.61 Å². The highest BCUT2D eigenvalue weighted by Gasteiger charge is 2.25. The molecule has 0 amide bonds. The van der Waals surface area contributed by atoms with Gasteiger partial charge in [0, 0.05) is 51.6 Å². The second kappa shape index (κ2) is 11.3. The van der Waals surface area contributed by atoms with E-state index in [1.54, 1.807) is 19.2 Å². The molecule has 1 saturated heterocycles. The Balaban J connectivity index is 0.00000320. The van der Waals surface area contributed by atoms with E-state index < -0.39 is 6.61 Å². The Morgan fingerprint density at radius 1 is 1.40 bits per heavy atom. The van der Waals surface area contributed by atoms with E-state index in [1.165, 1.54) is 18.7 Å².